The minimum atomic E-state index is -0.402. The van der Waals surface area contributed by atoms with Crippen LogP contribution in [0.5, 0.6) is 0 Å². The van der Waals surface area contributed by atoms with Crippen LogP contribution in [0.15, 0.2) is 40.8 Å². The van der Waals surface area contributed by atoms with E-state index in [9.17, 15) is 14.9 Å². The third kappa shape index (κ3) is 2.96. The van der Waals surface area contributed by atoms with Crippen LogP contribution in [0.25, 0.3) is 11.3 Å². The first kappa shape index (κ1) is 15.6. The first-order valence-electron chi connectivity index (χ1n) is 8.21. The number of hydrogen-bond donors (Lipinski definition) is 1. The van der Waals surface area contributed by atoms with Gasteiger partial charge in [0, 0.05) is 32.2 Å². The number of nitrogens with zero attached hydrogens (tertiary/aromatic N) is 3. The molecule has 1 atom stereocenters. The second kappa shape index (κ2) is 6.21. The van der Waals surface area contributed by atoms with Gasteiger partial charge in [0.2, 0.25) is 0 Å². The predicted octanol–water partition coefficient (Wildman–Crippen LogP) is 2.06. The first-order valence-corrected chi connectivity index (χ1v) is 8.21. The Morgan fingerprint density at radius 2 is 2.08 bits per heavy atom. The maximum Gasteiger partial charge on any atom is 0.317 e. The Hall–Kier alpha value is -2.87. The number of piperazine rings is 1. The van der Waals surface area contributed by atoms with E-state index in [2.05, 4.69) is 10.2 Å². The number of amides is 2. The number of fused-ring (bicyclic) bond motifs is 1. The van der Waals surface area contributed by atoms with Crippen molar-refractivity contribution < 1.29 is 14.1 Å². The zero-order valence-corrected chi connectivity index (χ0v) is 13.6. The molecule has 8 nitrogen and oxygen atoms in total. The van der Waals surface area contributed by atoms with Crippen LogP contribution >= 0.6 is 0 Å². The molecular weight excluding hydrogens is 324 g/mol. The number of nitro groups is 1. The van der Waals surface area contributed by atoms with Crippen molar-refractivity contribution in [1.82, 2.24) is 15.1 Å². The van der Waals surface area contributed by atoms with Gasteiger partial charge in [0.1, 0.15) is 11.5 Å². The number of nitro benzene ring substituents is 1. The molecule has 0 spiro atoms. The van der Waals surface area contributed by atoms with Crippen LogP contribution in [0.3, 0.4) is 0 Å². The summed E-state index contributed by atoms with van der Waals surface area (Å²) in [4.78, 5) is 26.5. The monoisotopic (exact) mass is 342 g/mol. The van der Waals surface area contributed by atoms with Gasteiger partial charge in [-0.1, -0.05) is 12.1 Å². The van der Waals surface area contributed by atoms with Crippen molar-refractivity contribution >= 4 is 11.7 Å². The highest BCUT2D eigenvalue weighted by Gasteiger charge is 2.35. The smallest absolute Gasteiger partial charge is 0.317 e. The van der Waals surface area contributed by atoms with Crippen LogP contribution < -0.4 is 5.32 Å². The van der Waals surface area contributed by atoms with Gasteiger partial charge < -0.3 is 14.6 Å². The van der Waals surface area contributed by atoms with Crippen LogP contribution in [-0.4, -0.2) is 53.0 Å². The number of furan rings is 1. The summed E-state index contributed by atoms with van der Waals surface area (Å²) in [6.07, 6.45) is 0. The molecule has 2 aromatic rings. The SMILES string of the molecule is O=C1NC[C@H]2CN(Cc3ccc(-c4ccccc4[N+](=O)[O-])o3)CCN12. The van der Waals surface area contributed by atoms with Gasteiger partial charge >= 0.3 is 6.03 Å². The molecule has 0 saturated carbocycles. The second-order valence-electron chi connectivity index (χ2n) is 6.31. The van der Waals surface area contributed by atoms with Crippen LogP contribution in [0, 0.1) is 10.1 Å². The fraction of sp³-hybridized carbons (Fsp3) is 0.353. The molecule has 130 valence electrons. The largest absolute Gasteiger partial charge is 0.459 e. The van der Waals surface area contributed by atoms with E-state index < -0.39 is 4.92 Å². The van der Waals surface area contributed by atoms with Gasteiger partial charge in [-0.25, -0.2) is 4.79 Å². The van der Waals surface area contributed by atoms with Gasteiger partial charge in [-0.15, -0.1) is 0 Å². The van der Waals surface area contributed by atoms with Gasteiger partial charge in [-0.05, 0) is 18.2 Å². The van der Waals surface area contributed by atoms with Crippen molar-refractivity contribution in [2.75, 3.05) is 26.2 Å². The third-order valence-electron chi connectivity index (χ3n) is 4.72. The van der Waals surface area contributed by atoms with Crippen molar-refractivity contribution in [3.8, 4) is 11.3 Å². The summed E-state index contributed by atoms with van der Waals surface area (Å²) in [5.74, 6) is 1.26. The Morgan fingerprint density at radius 1 is 1.24 bits per heavy atom. The summed E-state index contributed by atoms with van der Waals surface area (Å²) in [5, 5.41) is 14.0. The van der Waals surface area contributed by atoms with Crippen molar-refractivity contribution in [1.29, 1.82) is 0 Å². The molecule has 0 bridgehead atoms. The highest BCUT2D eigenvalue weighted by atomic mass is 16.6. The summed E-state index contributed by atoms with van der Waals surface area (Å²) in [5.41, 5.74) is 0.515. The lowest BCUT2D eigenvalue weighted by molar-refractivity contribution is -0.384. The number of hydrogen-bond acceptors (Lipinski definition) is 5. The first-order chi connectivity index (χ1) is 12.1. The number of benzene rings is 1. The standard InChI is InChI=1S/C17H18N4O4/c22-17-18-9-12-10-19(7-8-20(12)17)11-13-5-6-16(25-13)14-3-1-2-4-15(14)21(23)24/h1-6,12H,7-11H2,(H,18,22)/t12-/m0/s1. The van der Waals surface area contributed by atoms with E-state index in [1.807, 2.05) is 11.0 Å². The maximum atomic E-state index is 11.6. The Kier molecular flexibility index (Phi) is 3.89. The number of carbonyl (C=O) groups excluding carboxylic acids is 1. The number of carbonyl (C=O) groups is 1. The fourth-order valence-corrected chi connectivity index (χ4v) is 3.48. The predicted molar refractivity (Wildman–Crippen MR) is 90.0 cm³/mol. The Bertz CT molecular complexity index is 818. The van der Waals surface area contributed by atoms with Crippen LogP contribution in [0.1, 0.15) is 5.76 Å². The summed E-state index contributed by atoms with van der Waals surface area (Å²) in [7, 11) is 0. The number of nitrogens with one attached hydrogen (secondary N) is 1. The third-order valence-corrected chi connectivity index (χ3v) is 4.72. The number of para-hydroxylation sites is 1. The normalized spacial score (nSPS) is 20.4. The molecule has 1 N–H and O–H groups in total. The average Bonchev–Trinajstić information content (AvgIpc) is 3.22. The fourth-order valence-electron chi connectivity index (χ4n) is 3.48. The number of urea groups is 1. The summed E-state index contributed by atoms with van der Waals surface area (Å²) < 4.78 is 5.85. The van der Waals surface area contributed by atoms with Crippen molar-refractivity contribution in [2.24, 2.45) is 0 Å². The lowest BCUT2D eigenvalue weighted by Gasteiger charge is -2.35. The molecule has 1 aromatic carbocycles. The van der Waals surface area contributed by atoms with E-state index >= 15 is 0 Å². The van der Waals surface area contributed by atoms with Gasteiger partial charge in [-0.3, -0.25) is 15.0 Å². The van der Waals surface area contributed by atoms with Crippen LogP contribution in [0.2, 0.25) is 0 Å². The van der Waals surface area contributed by atoms with Crippen molar-refractivity contribution in [3.63, 3.8) is 0 Å². The van der Waals surface area contributed by atoms with Crippen molar-refractivity contribution in [3.05, 3.63) is 52.3 Å². The maximum absolute atomic E-state index is 11.6. The van der Waals surface area contributed by atoms with E-state index in [0.29, 0.717) is 31.0 Å². The molecule has 8 heteroatoms. The lowest BCUT2D eigenvalue weighted by Crippen LogP contribution is -2.51. The molecule has 25 heavy (non-hydrogen) atoms. The van der Waals surface area contributed by atoms with Gasteiger partial charge in [0.25, 0.3) is 5.69 Å². The molecular formula is C17H18N4O4. The second-order valence-corrected chi connectivity index (χ2v) is 6.31. The topological polar surface area (TPSA) is 91.9 Å². The number of rotatable bonds is 4. The van der Waals surface area contributed by atoms with Crippen LogP contribution in [-0.2, 0) is 6.54 Å². The van der Waals surface area contributed by atoms with E-state index in [-0.39, 0.29) is 17.8 Å². The van der Waals surface area contributed by atoms with E-state index in [4.69, 9.17) is 4.42 Å². The lowest BCUT2D eigenvalue weighted by atomic mass is 10.1. The van der Waals surface area contributed by atoms with Crippen LogP contribution in [0.4, 0.5) is 10.5 Å². The van der Waals surface area contributed by atoms with E-state index in [1.165, 1.54) is 6.07 Å². The molecule has 3 heterocycles. The minimum Gasteiger partial charge on any atom is -0.459 e. The highest BCUT2D eigenvalue weighted by molar-refractivity contribution is 5.77. The summed E-state index contributed by atoms with van der Waals surface area (Å²) in [6.45, 7) is 3.58. The molecule has 2 aliphatic heterocycles. The summed E-state index contributed by atoms with van der Waals surface area (Å²) >= 11 is 0. The van der Waals surface area contributed by atoms with E-state index in [0.717, 1.165) is 18.8 Å². The molecule has 1 aromatic heterocycles. The van der Waals surface area contributed by atoms with E-state index in [1.54, 1.807) is 24.3 Å². The molecule has 0 radical (unpaired) electrons. The van der Waals surface area contributed by atoms with Gasteiger partial charge in [0.05, 0.1) is 23.1 Å². The average molecular weight is 342 g/mol. The summed E-state index contributed by atoms with van der Waals surface area (Å²) in [6, 6.07) is 10.4. The minimum absolute atomic E-state index is 0.0151. The molecule has 2 aliphatic rings. The Morgan fingerprint density at radius 3 is 2.92 bits per heavy atom. The molecule has 0 unspecified atom stereocenters. The highest BCUT2D eigenvalue weighted by Crippen LogP contribution is 2.31. The van der Waals surface area contributed by atoms with Gasteiger partial charge in [-0.2, -0.15) is 0 Å². The molecule has 2 saturated heterocycles. The molecule has 0 aliphatic carbocycles. The molecule has 2 amide bonds. The van der Waals surface area contributed by atoms with Gasteiger partial charge in [0.15, 0.2) is 0 Å². The zero-order valence-electron chi connectivity index (χ0n) is 13.6. The quantitative estimate of drug-likeness (QED) is 0.678. The Labute approximate surface area is 144 Å². The zero-order chi connectivity index (χ0) is 17.4. The molecule has 4 rings (SSSR count). The Balaban J connectivity index is 1.48. The molecule has 2 fully saturated rings. The van der Waals surface area contributed by atoms with Crippen molar-refractivity contribution in [2.45, 2.75) is 12.6 Å².